The van der Waals surface area contributed by atoms with Crippen molar-refractivity contribution in [2.45, 2.75) is 6.42 Å². The zero-order valence-electron chi connectivity index (χ0n) is 8.76. The Balaban J connectivity index is 2.95. The smallest absolute Gasteiger partial charge is 0.0704 e. The lowest BCUT2D eigenvalue weighted by molar-refractivity contribution is 0.0471. The third-order valence-electron chi connectivity index (χ3n) is 1.50. The van der Waals surface area contributed by atoms with Gasteiger partial charge in [-0.15, -0.1) is 11.6 Å². The summed E-state index contributed by atoms with van der Waals surface area (Å²) in [5.74, 6) is 0.453. The first kappa shape index (κ1) is 13.9. The molecule has 0 bridgehead atoms. The number of hydrogen-bond donors (Lipinski definition) is 0. The normalized spacial score (nSPS) is 10.4. The van der Waals surface area contributed by atoms with E-state index in [4.69, 9.17) is 25.8 Å². The van der Waals surface area contributed by atoms with Crippen LogP contribution < -0.4 is 0 Å². The quantitative estimate of drug-likeness (QED) is 0.321. The topological polar surface area (TPSA) is 27.7 Å². The van der Waals surface area contributed by atoms with E-state index < -0.39 is 0 Å². The van der Waals surface area contributed by atoms with Gasteiger partial charge in [-0.05, 0) is 12.0 Å². The summed E-state index contributed by atoms with van der Waals surface area (Å²) in [5.41, 5.74) is 0.894. The fourth-order valence-electron chi connectivity index (χ4n) is 0.780. The SMILES string of the molecule is C=C(CCl)COCCOCCCOC. The van der Waals surface area contributed by atoms with Gasteiger partial charge in [-0.3, -0.25) is 0 Å². The van der Waals surface area contributed by atoms with E-state index in [1.165, 1.54) is 0 Å². The monoisotopic (exact) mass is 222 g/mol. The van der Waals surface area contributed by atoms with E-state index in [2.05, 4.69) is 6.58 Å². The third-order valence-corrected chi connectivity index (χ3v) is 1.88. The summed E-state index contributed by atoms with van der Waals surface area (Å²) in [7, 11) is 1.68. The maximum Gasteiger partial charge on any atom is 0.0704 e. The number of alkyl halides is 1. The van der Waals surface area contributed by atoms with E-state index in [-0.39, 0.29) is 0 Å². The summed E-state index contributed by atoms with van der Waals surface area (Å²) in [6.07, 6.45) is 0.922. The maximum atomic E-state index is 5.52. The highest BCUT2D eigenvalue weighted by Crippen LogP contribution is 1.94. The highest BCUT2D eigenvalue weighted by Gasteiger charge is 1.93. The van der Waals surface area contributed by atoms with E-state index in [0.717, 1.165) is 18.6 Å². The average Bonchev–Trinajstić information content (AvgIpc) is 2.21. The fraction of sp³-hybridized carbons (Fsp3) is 0.800. The summed E-state index contributed by atoms with van der Waals surface area (Å²) in [6, 6.07) is 0. The molecular formula is C10H19ClO3. The van der Waals surface area contributed by atoms with Crippen molar-refractivity contribution in [1.82, 2.24) is 0 Å². The van der Waals surface area contributed by atoms with Gasteiger partial charge in [0.15, 0.2) is 0 Å². The molecule has 0 radical (unpaired) electrons. The average molecular weight is 223 g/mol. The van der Waals surface area contributed by atoms with Gasteiger partial charge >= 0.3 is 0 Å². The molecule has 0 aliphatic rings. The first-order valence-corrected chi connectivity index (χ1v) is 5.21. The Kier molecular flexibility index (Phi) is 10.9. The van der Waals surface area contributed by atoms with Gasteiger partial charge in [0, 0.05) is 26.2 Å². The van der Waals surface area contributed by atoms with Gasteiger partial charge in [0.05, 0.1) is 19.8 Å². The second kappa shape index (κ2) is 11.0. The Morgan fingerprint density at radius 1 is 1.14 bits per heavy atom. The van der Waals surface area contributed by atoms with Crippen molar-refractivity contribution in [2.75, 3.05) is 46.0 Å². The molecule has 0 aromatic rings. The number of hydrogen-bond acceptors (Lipinski definition) is 3. The molecule has 0 fully saturated rings. The lowest BCUT2D eigenvalue weighted by atomic mass is 10.4. The number of ether oxygens (including phenoxy) is 3. The first-order chi connectivity index (χ1) is 6.81. The molecule has 0 heterocycles. The summed E-state index contributed by atoms with van der Waals surface area (Å²) < 4.78 is 15.4. The maximum absolute atomic E-state index is 5.52. The van der Waals surface area contributed by atoms with Gasteiger partial charge in [0.25, 0.3) is 0 Å². The number of halogens is 1. The highest BCUT2D eigenvalue weighted by atomic mass is 35.5. The molecular weight excluding hydrogens is 204 g/mol. The van der Waals surface area contributed by atoms with Gasteiger partial charge in [0.1, 0.15) is 0 Å². The molecule has 14 heavy (non-hydrogen) atoms. The molecule has 0 saturated heterocycles. The van der Waals surface area contributed by atoms with Crippen LogP contribution in [-0.2, 0) is 14.2 Å². The standard InChI is InChI=1S/C10H19ClO3/c1-10(8-11)9-14-7-6-13-5-3-4-12-2/h1,3-9H2,2H3. The highest BCUT2D eigenvalue weighted by molar-refractivity contribution is 6.19. The zero-order valence-corrected chi connectivity index (χ0v) is 9.52. The summed E-state index contributed by atoms with van der Waals surface area (Å²) in [5, 5.41) is 0. The van der Waals surface area contributed by atoms with Crippen LogP contribution in [0.3, 0.4) is 0 Å². The first-order valence-electron chi connectivity index (χ1n) is 4.68. The molecule has 0 aliphatic heterocycles. The molecule has 0 unspecified atom stereocenters. The minimum absolute atomic E-state index is 0.453. The van der Waals surface area contributed by atoms with E-state index in [0.29, 0.717) is 32.3 Å². The molecule has 3 nitrogen and oxygen atoms in total. The van der Waals surface area contributed by atoms with Gasteiger partial charge in [0.2, 0.25) is 0 Å². The predicted molar refractivity (Wildman–Crippen MR) is 58.0 cm³/mol. The molecule has 0 atom stereocenters. The van der Waals surface area contributed by atoms with E-state index in [1.807, 2.05) is 0 Å². The third kappa shape index (κ3) is 9.99. The molecule has 0 aromatic heterocycles. The number of methoxy groups -OCH3 is 1. The van der Waals surface area contributed by atoms with E-state index in [9.17, 15) is 0 Å². The van der Waals surface area contributed by atoms with Crippen molar-refractivity contribution in [3.63, 3.8) is 0 Å². The van der Waals surface area contributed by atoms with Crippen molar-refractivity contribution in [3.8, 4) is 0 Å². The predicted octanol–water partition coefficient (Wildman–Crippen LogP) is 1.85. The van der Waals surface area contributed by atoms with Crippen molar-refractivity contribution in [2.24, 2.45) is 0 Å². The molecule has 0 aliphatic carbocycles. The van der Waals surface area contributed by atoms with Crippen LogP contribution in [0.15, 0.2) is 12.2 Å². The van der Waals surface area contributed by atoms with E-state index in [1.54, 1.807) is 7.11 Å². The van der Waals surface area contributed by atoms with Gasteiger partial charge < -0.3 is 14.2 Å². The Hall–Kier alpha value is -0.0900. The number of rotatable bonds is 10. The van der Waals surface area contributed by atoms with Crippen molar-refractivity contribution in [3.05, 3.63) is 12.2 Å². The van der Waals surface area contributed by atoms with Crippen LogP contribution in [0.4, 0.5) is 0 Å². The van der Waals surface area contributed by atoms with Crippen LogP contribution in [0, 0.1) is 0 Å². The molecule has 0 aromatic carbocycles. The Labute approximate surface area is 91.0 Å². The molecule has 0 spiro atoms. The van der Waals surface area contributed by atoms with Crippen molar-refractivity contribution < 1.29 is 14.2 Å². The minimum atomic E-state index is 0.453. The lowest BCUT2D eigenvalue weighted by Crippen LogP contribution is -2.08. The molecule has 0 rings (SSSR count). The summed E-state index contributed by atoms with van der Waals surface area (Å²) >= 11 is 5.52. The molecule has 0 N–H and O–H groups in total. The summed E-state index contributed by atoms with van der Waals surface area (Å²) in [6.45, 7) is 6.89. The van der Waals surface area contributed by atoms with Crippen molar-refractivity contribution >= 4 is 11.6 Å². The van der Waals surface area contributed by atoms with Gasteiger partial charge in [-0.25, -0.2) is 0 Å². The zero-order chi connectivity index (χ0) is 10.6. The van der Waals surface area contributed by atoms with Crippen LogP contribution in [0.1, 0.15) is 6.42 Å². The summed E-state index contributed by atoms with van der Waals surface area (Å²) in [4.78, 5) is 0. The Bertz CT molecular complexity index is 139. The second-order valence-corrected chi connectivity index (χ2v) is 3.16. The van der Waals surface area contributed by atoms with Crippen LogP contribution in [0.5, 0.6) is 0 Å². The molecule has 84 valence electrons. The fourth-order valence-corrected chi connectivity index (χ4v) is 0.857. The largest absolute Gasteiger partial charge is 0.385 e. The molecule has 0 saturated carbocycles. The van der Waals surface area contributed by atoms with Gasteiger partial charge in [-0.1, -0.05) is 6.58 Å². The lowest BCUT2D eigenvalue weighted by Gasteiger charge is -2.05. The van der Waals surface area contributed by atoms with E-state index >= 15 is 0 Å². The molecule has 4 heteroatoms. The van der Waals surface area contributed by atoms with Crippen LogP contribution in [-0.4, -0.2) is 46.0 Å². The van der Waals surface area contributed by atoms with Crippen LogP contribution >= 0.6 is 11.6 Å². The van der Waals surface area contributed by atoms with Crippen molar-refractivity contribution in [1.29, 1.82) is 0 Å². The van der Waals surface area contributed by atoms with Crippen LogP contribution in [0.25, 0.3) is 0 Å². The second-order valence-electron chi connectivity index (χ2n) is 2.89. The Morgan fingerprint density at radius 3 is 2.50 bits per heavy atom. The minimum Gasteiger partial charge on any atom is -0.385 e. The Morgan fingerprint density at radius 2 is 1.86 bits per heavy atom. The van der Waals surface area contributed by atoms with Gasteiger partial charge in [-0.2, -0.15) is 0 Å². The molecule has 0 amide bonds. The van der Waals surface area contributed by atoms with Crippen LogP contribution in [0.2, 0.25) is 0 Å².